The molecule has 5 nitrogen and oxygen atoms in total. The Balaban J connectivity index is 1.76. The van der Waals surface area contributed by atoms with E-state index < -0.39 is 0 Å². The van der Waals surface area contributed by atoms with Gasteiger partial charge in [-0.15, -0.1) is 0 Å². The van der Waals surface area contributed by atoms with Crippen LogP contribution in [-0.2, 0) is 11.3 Å². The maximum absolute atomic E-state index is 12.9. The Morgan fingerprint density at radius 1 is 1.20 bits per heavy atom. The van der Waals surface area contributed by atoms with Gasteiger partial charge in [-0.2, -0.15) is 0 Å². The Bertz CT molecular complexity index is 1080. The second-order valence-electron chi connectivity index (χ2n) is 7.33. The van der Waals surface area contributed by atoms with Gasteiger partial charge in [0.2, 0.25) is 5.91 Å². The highest BCUT2D eigenvalue weighted by Crippen LogP contribution is 2.24. The number of carbonyl (C=O) groups is 1. The molecular weight excluding hydrogens is 418 g/mol. The van der Waals surface area contributed by atoms with Crippen LogP contribution in [0.15, 0.2) is 58.5 Å². The van der Waals surface area contributed by atoms with Crippen LogP contribution in [0.5, 0.6) is 0 Å². The lowest BCUT2D eigenvalue weighted by molar-refractivity contribution is -0.120. The summed E-state index contributed by atoms with van der Waals surface area (Å²) in [4.78, 5) is 30.3. The Labute approximate surface area is 185 Å². The SMILES string of the molecule is CCCn1c(S[C@@H](C)C(=O)NC[C@@H](C)c2ccccc2)nc2cc(Cl)ccc2c1=O. The van der Waals surface area contributed by atoms with Gasteiger partial charge >= 0.3 is 0 Å². The van der Waals surface area contributed by atoms with Crippen LogP contribution in [0.1, 0.15) is 38.7 Å². The van der Waals surface area contributed by atoms with Crippen LogP contribution in [0.25, 0.3) is 10.9 Å². The molecule has 0 saturated carbocycles. The molecule has 1 aromatic heterocycles. The van der Waals surface area contributed by atoms with Crippen LogP contribution in [-0.4, -0.2) is 27.3 Å². The van der Waals surface area contributed by atoms with Crippen LogP contribution in [0.2, 0.25) is 5.02 Å². The van der Waals surface area contributed by atoms with Crippen molar-refractivity contribution in [2.45, 2.75) is 50.1 Å². The summed E-state index contributed by atoms with van der Waals surface area (Å²) in [6.45, 7) is 7.02. The van der Waals surface area contributed by atoms with Gasteiger partial charge in [0, 0.05) is 18.1 Å². The van der Waals surface area contributed by atoms with Gasteiger partial charge in [-0.25, -0.2) is 4.98 Å². The summed E-state index contributed by atoms with van der Waals surface area (Å²) >= 11 is 7.38. The lowest BCUT2D eigenvalue weighted by atomic mass is 10.0. The predicted molar refractivity (Wildman–Crippen MR) is 124 cm³/mol. The number of aromatic nitrogens is 2. The van der Waals surface area contributed by atoms with Crippen molar-refractivity contribution in [1.82, 2.24) is 14.9 Å². The van der Waals surface area contributed by atoms with Crippen LogP contribution in [0.3, 0.4) is 0 Å². The molecule has 3 aromatic rings. The van der Waals surface area contributed by atoms with Gasteiger partial charge in [0.05, 0.1) is 16.2 Å². The Kier molecular flexibility index (Phi) is 7.56. The van der Waals surface area contributed by atoms with Crippen molar-refractivity contribution in [3.05, 3.63) is 69.5 Å². The van der Waals surface area contributed by atoms with E-state index in [1.54, 1.807) is 22.8 Å². The van der Waals surface area contributed by atoms with Gasteiger partial charge in [-0.3, -0.25) is 14.2 Å². The summed E-state index contributed by atoms with van der Waals surface area (Å²) in [7, 11) is 0. The number of thioether (sulfide) groups is 1. The molecule has 1 amide bonds. The third-order valence-electron chi connectivity index (χ3n) is 4.93. The van der Waals surface area contributed by atoms with Crippen molar-refractivity contribution >= 4 is 40.2 Å². The van der Waals surface area contributed by atoms with Crippen LogP contribution < -0.4 is 10.9 Å². The van der Waals surface area contributed by atoms with Gasteiger partial charge in [-0.1, -0.05) is 67.5 Å². The minimum Gasteiger partial charge on any atom is -0.355 e. The lowest BCUT2D eigenvalue weighted by Crippen LogP contribution is -2.34. The number of amides is 1. The van der Waals surface area contributed by atoms with Gasteiger partial charge in [-0.05, 0) is 43.0 Å². The first-order valence-corrected chi connectivity index (χ1v) is 11.4. The van der Waals surface area contributed by atoms with Crippen molar-refractivity contribution in [1.29, 1.82) is 0 Å². The molecule has 0 radical (unpaired) electrons. The van der Waals surface area contributed by atoms with Crippen molar-refractivity contribution in [2.75, 3.05) is 6.54 Å². The molecule has 0 unspecified atom stereocenters. The first-order valence-electron chi connectivity index (χ1n) is 10.1. The minimum absolute atomic E-state index is 0.0775. The van der Waals surface area contributed by atoms with E-state index in [2.05, 4.69) is 29.4 Å². The molecule has 0 aliphatic carbocycles. The van der Waals surface area contributed by atoms with Crippen molar-refractivity contribution in [3.63, 3.8) is 0 Å². The first kappa shape index (κ1) is 22.4. The summed E-state index contributed by atoms with van der Waals surface area (Å²) in [6, 6.07) is 15.2. The third kappa shape index (κ3) is 5.24. The fourth-order valence-electron chi connectivity index (χ4n) is 3.19. The Morgan fingerprint density at radius 2 is 1.93 bits per heavy atom. The number of halogens is 1. The molecule has 0 fully saturated rings. The quantitative estimate of drug-likeness (QED) is 0.399. The smallest absolute Gasteiger partial charge is 0.262 e. The highest BCUT2D eigenvalue weighted by molar-refractivity contribution is 8.00. The van der Waals surface area contributed by atoms with Crippen molar-refractivity contribution in [3.8, 4) is 0 Å². The first-order chi connectivity index (χ1) is 14.4. The highest BCUT2D eigenvalue weighted by Gasteiger charge is 2.20. The number of hydrogen-bond donors (Lipinski definition) is 1. The maximum Gasteiger partial charge on any atom is 0.262 e. The molecule has 0 aliphatic rings. The summed E-state index contributed by atoms with van der Waals surface area (Å²) in [6.07, 6.45) is 0.795. The Hall–Kier alpha value is -2.31. The van der Waals surface area contributed by atoms with Crippen LogP contribution >= 0.6 is 23.4 Å². The molecule has 2 atom stereocenters. The van der Waals surface area contributed by atoms with E-state index in [-0.39, 0.29) is 22.6 Å². The number of fused-ring (bicyclic) bond motifs is 1. The molecule has 0 spiro atoms. The topological polar surface area (TPSA) is 64.0 Å². The molecule has 3 rings (SSSR count). The van der Waals surface area contributed by atoms with Gasteiger partial charge in [0.1, 0.15) is 0 Å². The minimum atomic E-state index is -0.389. The molecule has 7 heteroatoms. The molecule has 158 valence electrons. The van der Waals surface area contributed by atoms with Gasteiger partial charge in [0.25, 0.3) is 5.56 Å². The summed E-state index contributed by atoms with van der Waals surface area (Å²) < 4.78 is 1.65. The number of nitrogens with one attached hydrogen (secondary N) is 1. The molecule has 0 aliphatic heterocycles. The average molecular weight is 444 g/mol. The molecule has 30 heavy (non-hydrogen) atoms. The predicted octanol–water partition coefficient (Wildman–Crippen LogP) is 4.86. The largest absolute Gasteiger partial charge is 0.355 e. The molecule has 1 N–H and O–H groups in total. The fraction of sp³-hybridized carbons (Fsp3) is 0.348. The third-order valence-corrected chi connectivity index (χ3v) is 6.26. The molecule has 0 bridgehead atoms. The summed E-state index contributed by atoms with van der Waals surface area (Å²) in [5.41, 5.74) is 1.63. The lowest BCUT2D eigenvalue weighted by Gasteiger charge is -2.18. The fourth-order valence-corrected chi connectivity index (χ4v) is 4.32. The van der Waals surface area contributed by atoms with Crippen molar-refractivity contribution < 1.29 is 4.79 Å². The normalized spacial score (nSPS) is 13.2. The second kappa shape index (κ2) is 10.1. The zero-order valence-corrected chi connectivity index (χ0v) is 19.0. The monoisotopic (exact) mass is 443 g/mol. The van der Waals surface area contributed by atoms with Gasteiger partial charge < -0.3 is 5.32 Å². The average Bonchev–Trinajstić information content (AvgIpc) is 2.74. The second-order valence-corrected chi connectivity index (χ2v) is 9.07. The standard InChI is InChI=1S/C23H26ClN3O2S/c1-4-12-27-22(29)19-11-10-18(24)13-20(19)26-23(27)30-16(3)21(28)25-14-15(2)17-8-6-5-7-9-17/h5-11,13,15-16H,4,12,14H2,1-3H3,(H,25,28)/t15-,16+/m1/s1. The summed E-state index contributed by atoms with van der Waals surface area (Å²) in [5.74, 6) is 0.137. The molecule has 0 saturated heterocycles. The van der Waals surface area contributed by atoms with E-state index in [9.17, 15) is 9.59 Å². The number of nitrogens with zero attached hydrogens (tertiary/aromatic N) is 2. The summed E-state index contributed by atoms with van der Waals surface area (Å²) in [5, 5.41) is 4.23. The number of benzene rings is 2. The Morgan fingerprint density at radius 3 is 2.63 bits per heavy atom. The molecule has 2 aromatic carbocycles. The van der Waals surface area contributed by atoms with E-state index in [0.29, 0.717) is 34.2 Å². The highest BCUT2D eigenvalue weighted by atomic mass is 35.5. The van der Waals surface area contributed by atoms with Crippen molar-refractivity contribution in [2.24, 2.45) is 0 Å². The van der Waals surface area contributed by atoms with E-state index in [1.807, 2.05) is 32.0 Å². The number of carbonyl (C=O) groups excluding carboxylic acids is 1. The van der Waals surface area contributed by atoms with Crippen LogP contribution in [0.4, 0.5) is 0 Å². The number of rotatable bonds is 8. The van der Waals surface area contributed by atoms with Crippen LogP contribution in [0, 0.1) is 0 Å². The zero-order chi connectivity index (χ0) is 21.7. The van der Waals surface area contributed by atoms with E-state index in [0.717, 1.165) is 6.42 Å². The van der Waals surface area contributed by atoms with Gasteiger partial charge in [0.15, 0.2) is 5.16 Å². The maximum atomic E-state index is 12.9. The zero-order valence-electron chi connectivity index (χ0n) is 17.4. The molecule has 1 heterocycles. The number of hydrogen-bond acceptors (Lipinski definition) is 4. The van der Waals surface area contributed by atoms with E-state index in [4.69, 9.17) is 11.6 Å². The van der Waals surface area contributed by atoms with E-state index in [1.165, 1.54) is 17.3 Å². The molecular formula is C23H26ClN3O2S. The van der Waals surface area contributed by atoms with E-state index >= 15 is 0 Å².